The summed E-state index contributed by atoms with van der Waals surface area (Å²) in [4.78, 5) is 43.2. The van der Waals surface area contributed by atoms with Crippen LogP contribution >= 0.6 is 29.7 Å². The quantitative estimate of drug-likeness (QED) is 0.279. The Bertz CT molecular complexity index is 1050. The third kappa shape index (κ3) is 8.13. The van der Waals surface area contributed by atoms with Crippen LogP contribution in [0.25, 0.3) is 11.2 Å². The number of H-pyrrole nitrogens is 1. The van der Waals surface area contributed by atoms with Crippen molar-refractivity contribution in [3.8, 4) is 0 Å². The van der Waals surface area contributed by atoms with Crippen molar-refractivity contribution in [3.05, 3.63) is 27.2 Å². The second-order valence-electron chi connectivity index (χ2n) is 7.19. The van der Waals surface area contributed by atoms with Gasteiger partial charge in [0.25, 0.3) is 12.1 Å². The van der Waals surface area contributed by atoms with Gasteiger partial charge in [-0.05, 0) is 19.8 Å². The number of carbonyl (C=O) groups is 1. The highest BCUT2D eigenvalue weighted by Gasteiger charge is 2.15. The van der Waals surface area contributed by atoms with E-state index in [-0.39, 0.29) is 17.2 Å². The predicted molar refractivity (Wildman–Crippen MR) is 132 cm³/mol. The van der Waals surface area contributed by atoms with E-state index in [9.17, 15) is 18.9 Å². The number of aromatic amines is 1. The molecule has 1 atom stereocenters. The van der Waals surface area contributed by atoms with Crippen LogP contribution in [0.4, 0.5) is 0 Å². The molecule has 32 heavy (non-hydrogen) atoms. The molecule has 13 heteroatoms. The minimum atomic E-state index is -2.52. The first-order chi connectivity index (χ1) is 15.3. The van der Waals surface area contributed by atoms with Gasteiger partial charge in [-0.2, -0.15) is 11.8 Å². The summed E-state index contributed by atoms with van der Waals surface area (Å²) in [7, 11) is 1.45. The summed E-state index contributed by atoms with van der Waals surface area (Å²) in [5.41, 5.74) is -0.0848. The van der Waals surface area contributed by atoms with Crippen LogP contribution in [0.2, 0.25) is 0 Å². The molecule has 0 aliphatic heterocycles. The molecule has 0 aliphatic carbocycles. The molecule has 0 bridgehead atoms. The van der Waals surface area contributed by atoms with E-state index in [1.165, 1.54) is 29.3 Å². The van der Waals surface area contributed by atoms with Crippen LogP contribution in [0.1, 0.15) is 32.6 Å². The third-order valence-corrected chi connectivity index (χ3v) is 9.78. The molecule has 0 aliphatic rings. The van der Waals surface area contributed by atoms with Crippen molar-refractivity contribution >= 4 is 46.8 Å². The number of unbranched alkanes of at least 4 members (excludes halogenated alkanes) is 2. The fourth-order valence-corrected chi connectivity index (χ4v) is 7.40. The molecule has 0 aromatic carbocycles. The lowest BCUT2D eigenvalue weighted by Crippen LogP contribution is -2.38. The van der Waals surface area contributed by atoms with Gasteiger partial charge in [-0.1, -0.05) is 17.8 Å². The molecule has 2 N–H and O–H groups in total. The number of fused-ring (bicyclic) bond motifs is 1. The highest BCUT2D eigenvalue weighted by molar-refractivity contribution is 8.56. The summed E-state index contributed by atoms with van der Waals surface area (Å²) < 4.78 is 19.7. The Balaban J connectivity index is 1.58. The molecule has 1 unspecified atom stereocenters. The van der Waals surface area contributed by atoms with Crippen LogP contribution < -0.4 is 16.6 Å². The highest BCUT2D eigenvalue weighted by Crippen LogP contribution is 2.55. The van der Waals surface area contributed by atoms with E-state index in [0.717, 1.165) is 34.7 Å². The lowest BCUT2D eigenvalue weighted by molar-refractivity contribution is -0.121. The van der Waals surface area contributed by atoms with Gasteiger partial charge in [0, 0.05) is 50.5 Å². The Hall–Kier alpha value is -1.49. The Kier molecular flexibility index (Phi) is 11.1. The molecule has 10 nitrogen and oxygen atoms in total. The van der Waals surface area contributed by atoms with Gasteiger partial charge in [0.05, 0.1) is 12.9 Å². The number of rotatable bonds is 15. The maximum Gasteiger partial charge on any atom is 0.332 e. The first-order valence-corrected chi connectivity index (χ1v) is 15.4. The molecular weight excluding hydrogens is 473 g/mol. The lowest BCUT2D eigenvalue weighted by Gasteiger charge is -2.11. The maximum absolute atomic E-state index is 12.3. The van der Waals surface area contributed by atoms with Crippen LogP contribution in [0.15, 0.2) is 15.9 Å². The zero-order chi connectivity index (χ0) is 23.6. The van der Waals surface area contributed by atoms with Crippen LogP contribution in [0.5, 0.6) is 0 Å². The van der Waals surface area contributed by atoms with Gasteiger partial charge < -0.3 is 14.8 Å². The largest absolute Gasteiger partial charge is 0.355 e. The summed E-state index contributed by atoms with van der Waals surface area (Å²) in [5, 5.41) is 2.91. The Morgan fingerprint density at radius 3 is 2.78 bits per heavy atom. The zero-order valence-corrected chi connectivity index (χ0v) is 21.3. The summed E-state index contributed by atoms with van der Waals surface area (Å²) in [6.07, 6.45) is 4.07. The number of thioether (sulfide) groups is 1. The molecule has 2 heterocycles. The van der Waals surface area contributed by atoms with Crippen molar-refractivity contribution in [2.45, 2.75) is 39.2 Å². The van der Waals surface area contributed by atoms with Crippen LogP contribution in [-0.4, -0.2) is 62.1 Å². The fourth-order valence-electron chi connectivity index (χ4n) is 3.10. The molecule has 180 valence electrons. The number of hydrogen-bond acceptors (Lipinski definition) is 8. The van der Waals surface area contributed by atoms with E-state index >= 15 is 0 Å². The minimum Gasteiger partial charge on any atom is -0.355 e. The molecule has 2 rings (SSSR count). The van der Waals surface area contributed by atoms with Gasteiger partial charge in [0.2, 0.25) is 5.91 Å². The number of carbonyl (C=O) groups excluding carboxylic acids is 1. The van der Waals surface area contributed by atoms with E-state index in [2.05, 4.69) is 15.3 Å². The molecule has 0 saturated heterocycles. The monoisotopic (exact) mass is 505 g/mol. The summed E-state index contributed by atoms with van der Waals surface area (Å²) in [5.74, 6) is 2.45. The Morgan fingerprint density at radius 1 is 1.25 bits per heavy atom. The molecule has 2 aromatic heterocycles. The van der Waals surface area contributed by atoms with E-state index in [4.69, 9.17) is 4.52 Å². The van der Waals surface area contributed by atoms with Gasteiger partial charge in [-0.3, -0.25) is 23.3 Å². The standard InChI is InChI=1S/C19H32N5O5PS2/c1-4-29-30(3,28)32-13-12-31-11-9-20-15(25)8-6-5-7-10-24-17-16(21-14-22-17)18(26)23(2)19(24)27/h14H,4-13H2,1-3H3,(H,20,25)(H,21,22). The van der Waals surface area contributed by atoms with Gasteiger partial charge in [-0.25, -0.2) is 9.78 Å². The molecule has 0 radical (unpaired) electrons. The lowest BCUT2D eigenvalue weighted by atomic mass is 10.2. The Labute approximate surface area is 195 Å². The number of hydrogen-bond donors (Lipinski definition) is 2. The van der Waals surface area contributed by atoms with E-state index in [0.29, 0.717) is 43.7 Å². The van der Waals surface area contributed by atoms with Gasteiger partial charge in [-0.15, -0.1) is 0 Å². The molecule has 0 spiro atoms. The SMILES string of the molecule is CCOP(C)(=O)SCCSCCNC(=O)CCCCCn1c(=O)n(C)c(=O)c2[nH]cnc21. The number of aromatic nitrogens is 4. The number of aryl methyl sites for hydroxylation is 1. The van der Waals surface area contributed by atoms with Gasteiger partial charge in [0.15, 0.2) is 5.65 Å². The van der Waals surface area contributed by atoms with Gasteiger partial charge >= 0.3 is 5.69 Å². The Morgan fingerprint density at radius 2 is 2.03 bits per heavy atom. The number of nitrogens with one attached hydrogen (secondary N) is 2. The van der Waals surface area contributed by atoms with Crippen molar-refractivity contribution in [3.63, 3.8) is 0 Å². The zero-order valence-electron chi connectivity index (χ0n) is 18.8. The average Bonchev–Trinajstić information content (AvgIpc) is 3.23. The second kappa shape index (κ2) is 13.3. The van der Waals surface area contributed by atoms with E-state index in [1.807, 2.05) is 6.92 Å². The minimum absolute atomic E-state index is 0.0170. The fraction of sp³-hybridized carbons (Fsp3) is 0.684. The normalized spacial score (nSPS) is 13.3. The van der Waals surface area contributed by atoms with E-state index in [1.54, 1.807) is 18.4 Å². The van der Waals surface area contributed by atoms with Crippen LogP contribution in [0, 0.1) is 0 Å². The van der Waals surface area contributed by atoms with Gasteiger partial charge in [0.1, 0.15) is 5.52 Å². The van der Waals surface area contributed by atoms with Crippen molar-refractivity contribution in [1.82, 2.24) is 24.4 Å². The summed E-state index contributed by atoms with van der Waals surface area (Å²) >= 11 is 3.08. The summed E-state index contributed by atoms with van der Waals surface area (Å²) in [6.45, 7) is 2.46. The molecule has 1 amide bonds. The smallest absolute Gasteiger partial charge is 0.332 e. The number of nitrogens with zero attached hydrogens (tertiary/aromatic N) is 3. The second-order valence-corrected chi connectivity index (χ2v) is 13.7. The topological polar surface area (TPSA) is 128 Å². The first kappa shape index (κ1) is 26.8. The third-order valence-electron chi connectivity index (χ3n) is 4.68. The number of amides is 1. The molecule has 0 saturated carbocycles. The van der Waals surface area contributed by atoms with E-state index < -0.39 is 6.57 Å². The number of imidazole rings is 1. The average molecular weight is 506 g/mol. The van der Waals surface area contributed by atoms with Crippen molar-refractivity contribution in [1.29, 1.82) is 0 Å². The molecule has 0 fully saturated rings. The summed E-state index contributed by atoms with van der Waals surface area (Å²) in [6, 6.07) is 0. The predicted octanol–water partition coefficient (Wildman–Crippen LogP) is 2.43. The van der Waals surface area contributed by atoms with Crippen molar-refractivity contribution in [2.24, 2.45) is 7.05 Å². The van der Waals surface area contributed by atoms with Crippen LogP contribution in [0.3, 0.4) is 0 Å². The van der Waals surface area contributed by atoms with Crippen molar-refractivity contribution in [2.75, 3.05) is 37.1 Å². The highest BCUT2D eigenvalue weighted by atomic mass is 32.7. The van der Waals surface area contributed by atoms with Crippen molar-refractivity contribution < 1.29 is 13.9 Å². The van der Waals surface area contributed by atoms with Crippen LogP contribution in [-0.2, 0) is 27.5 Å². The molecular formula is C19H32N5O5PS2. The first-order valence-electron chi connectivity index (χ1n) is 10.6. The maximum atomic E-state index is 12.3. The molecule has 2 aromatic rings.